The molecule has 2 aromatic heterocycles. The van der Waals surface area contributed by atoms with Crippen LogP contribution in [0.3, 0.4) is 0 Å². The van der Waals surface area contributed by atoms with Gasteiger partial charge in [-0.05, 0) is 32.3 Å². The molecule has 0 spiro atoms. The Hall–Kier alpha value is -1.20. The first-order valence-corrected chi connectivity index (χ1v) is 7.99. The van der Waals surface area contributed by atoms with Gasteiger partial charge in [0.25, 0.3) is 5.56 Å². The number of nitrogens with zero attached hydrogens (tertiary/aromatic N) is 2. The Labute approximate surface area is 122 Å². The van der Waals surface area contributed by atoms with Crippen LogP contribution in [0.25, 0.3) is 10.2 Å². The largest absolute Gasteiger partial charge is 0.388 e. The Bertz CT molecular complexity index is 696. The summed E-state index contributed by atoms with van der Waals surface area (Å²) in [7, 11) is 0. The molecule has 2 aromatic rings. The molecule has 1 saturated carbocycles. The van der Waals surface area contributed by atoms with Crippen LogP contribution in [0.2, 0.25) is 0 Å². The number of fused-ring (bicyclic) bond motifs is 1. The molecule has 0 aliphatic heterocycles. The molecule has 0 amide bonds. The van der Waals surface area contributed by atoms with Gasteiger partial charge < -0.3 is 5.11 Å². The monoisotopic (exact) mass is 292 g/mol. The second kappa shape index (κ2) is 4.97. The van der Waals surface area contributed by atoms with Crippen molar-refractivity contribution < 1.29 is 5.11 Å². The van der Waals surface area contributed by atoms with E-state index in [9.17, 15) is 9.90 Å². The predicted octanol–water partition coefficient (Wildman–Crippen LogP) is 2.77. The summed E-state index contributed by atoms with van der Waals surface area (Å²) >= 11 is 1.56. The van der Waals surface area contributed by atoms with Gasteiger partial charge in [0.2, 0.25) is 0 Å². The van der Waals surface area contributed by atoms with E-state index in [1.807, 2.05) is 13.8 Å². The molecular formula is C15H20N2O2S. The summed E-state index contributed by atoms with van der Waals surface area (Å²) in [6.45, 7) is 4.35. The third-order valence-electron chi connectivity index (χ3n) is 4.40. The standard InChI is InChI=1S/C15H20N2O2S/c1-10-11(2)20-13-12(10)14(18)17(9-16-13)8-15(19)6-4-3-5-7-15/h9,19H,3-8H2,1-2H3. The summed E-state index contributed by atoms with van der Waals surface area (Å²) in [5.74, 6) is 0. The molecule has 1 aliphatic carbocycles. The first-order chi connectivity index (χ1) is 9.50. The van der Waals surface area contributed by atoms with Crippen molar-refractivity contribution in [2.45, 2.75) is 58.1 Å². The molecular weight excluding hydrogens is 272 g/mol. The summed E-state index contributed by atoms with van der Waals surface area (Å²) in [5.41, 5.74) is 0.263. The van der Waals surface area contributed by atoms with Gasteiger partial charge >= 0.3 is 0 Å². The highest BCUT2D eigenvalue weighted by atomic mass is 32.1. The van der Waals surface area contributed by atoms with Gasteiger partial charge in [0.15, 0.2) is 0 Å². The SMILES string of the molecule is Cc1sc2ncn(CC3(O)CCCCC3)c(=O)c2c1C. The van der Waals surface area contributed by atoms with E-state index in [1.165, 1.54) is 6.42 Å². The Morgan fingerprint density at radius 2 is 2.05 bits per heavy atom. The molecule has 3 rings (SSSR count). The third kappa shape index (κ3) is 2.29. The van der Waals surface area contributed by atoms with Gasteiger partial charge in [-0.25, -0.2) is 4.98 Å². The van der Waals surface area contributed by atoms with Crippen LogP contribution in [-0.2, 0) is 6.54 Å². The molecule has 2 heterocycles. The van der Waals surface area contributed by atoms with E-state index in [1.54, 1.807) is 22.2 Å². The van der Waals surface area contributed by atoms with E-state index < -0.39 is 5.60 Å². The van der Waals surface area contributed by atoms with Crippen molar-refractivity contribution in [3.05, 3.63) is 27.1 Å². The predicted molar refractivity (Wildman–Crippen MR) is 81.4 cm³/mol. The molecule has 1 fully saturated rings. The van der Waals surface area contributed by atoms with Crippen molar-refractivity contribution in [1.29, 1.82) is 0 Å². The number of thiophene rings is 1. The number of hydrogen-bond donors (Lipinski definition) is 1. The first kappa shape index (κ1) is 13.8. The summed E-state index contributed by atoms with van der Waals surface area (Å²) in [4.78, 5) is 18.9. The molecule has 0 bridgehead atoms. The minimum atomic E-state index is -0.740. The van der Waals surface area contributed by atoms with Crippen molar-refractivity contribution in [2.24, 2.45) is 0 Å². The number of aryl methyl sites for hydroxylation is 2. The van der Waals surface area contributed by atoms with E-state index in [0.717, 1.165) is 46.3 Å². The van der Waals surface area contributed by atoms with Crippen molar-refractivity contribution in [2.75, 3.05) is 0 Å². The maximum absolute atomic E-state index is 12.6. The zero-order valence-corrected chi connectivity index (χ0v) is 12.8. The molecule has 0 atom stereocenters. The molecule has 20 heavy (non-hydrogen) atoms. The maximum atomic E-state index is 12.6. The summed E-state index contributed by atoms with van der Waals surface area (Å²) in [6.07, 6.45) is 6.40. The summed E-state index contributed by atoms with van der Waals surface area (Å²) in [6, 6.07) is 0. The number of hydrogen-bond acceptors (Lipinski definition) is 4. The van der Waals surface area contributed by atoms with Crippen molar-refractivity contribution >= 4 is 21.6 Å². The van der Waals surface area contributed by atoms with Gasteiger partial charge in [0.05, 0.1) is 23.9 Å². The van der Waals surface area contributed by atoms with Crippen LogP contribution in [0.5, 0.6) is 0 Å². The van der Waals surface area contributed by atoms with Gasteiger partial charge in [-0.2, -0.15) is 0 Å². The number of aromatic nitrogens is 2. The van der Waals surface area contributed by atoms with Crippen LogP contribution in [0.1, 0.15) is 42.5 Å². The summed E-state index contributed by atoms with van der Waals surface area (Å²) < 4.78 is 1.59. The van der Waals surface area contributed by atoms with E-state index >= 15 is 0 Å². The lowest BCUT2D eigenvalue weighted by Crippen LogP contribution is -2.39. The van der Waals surface area contributed by atoms with E-state index in [4.69, 9.17) is 0 Å². The number of rotatable bonds is 2. The Morgan fingerprint density at radius 3 is 2.75 bits per heavy atom. The topological polar surface area (TPSA) is 55.1 Å². The second-order valence-electron chi connectivity index (χ2n) is 5.93. The minimum Gasteiger partial charge on any atom is -0.388 e. The van der Waals surface area contributed by atoms with Gasteiger partial charge in [0, 0.05) is 4.88 Å². The fourth-order valence-corrected chi connectivity index (χ4v) is 4.06. The third-order valence-corrected chi connectivity index (χ3v) is 5.52. The fourth-order valence-electron chi connectivity index (χ4n) is 3.07. The normalized spacial score (nSPS) is 18.6. The quantitative estimate of drug-likeness (QED) is 0.926. The van der Waals surface area contributed by atoms with E-state index in [2.05, 4.69) is 4.98 Å². The highest BCUT2D eigenvalue weighted by Crippen LogP contribution is 2.30. The van der Waals surface area contributed by atoms with Crippen LogP contribution in [-0.4, -0.2) is 20.3 Å². The van der Waals surface area contributed by atoms with Crippen LogP contribution in [0.4, 0.5) is 0 Å². The fraction of sp³-hybridized carbons (Fsp3) is 0.600. The maximum Gasteiger partial charge on any atom is 0.262 e. The Morgan fingerprint density at radius 1 is 1.35 bits per heavy atom. The van der Waals surface area contributed by atoms with Crippen LogP contribution >= 0.6 is 11.3 Å². The Balaban J connectivity index is 2.02. The average Bonchev–Trinajstić information content (AvgIpc) is 2.70. The highest BCUT2D eigenvalue weighted by Gasteiger charge is 2.30. The molecule has 1 aliphatic rings. The lowest BCUT2D eigenvalue weighted by molar-refractivity contribution is -0.0123. The Kier molecular flexibility index (Phi) is 3.42. The molecule has 108 valence electrons. The van der Waals surface area contributed by atoms with E-state index in [-0.39, 0.29) is 5.56 Å². The molecule has 0 unspecified atom stereocenters. The smallest absolute Gasteiger partial charge is 0.262 e. The molecule has 0 aromatic carbocycles. The number of aliphatic hydroxyl groups is 1. The molecule has 0 saturated heterocycles. The van der Waals surface area contributed by atoms with Crippen molar-refractivity contribution in [1.82, 2.24) is 9.55 Å². The lowest BCUT2D eigenvalue weighted by atomic mass is 9.85. The molecule has 4 nitrogen and oxygen atoms in total. The lowest BCUT2D eigenvalue weighted by Gasteiger charge is -2.32. The van der Waals surface area contributed by atoms with Crippen LogP contribution in [0.15, 0.2) is 11.1 Å². The van der Waals surface area contributed by atoms with Gasteiger partial charge in [-0.1, -0.05) is 19.3 Å². The molecule has 1 N–H and O–H groups in total. The average molecular weight is 292 g/mol. The van der Waals surface area contributed by atoms with Crippen molar-refractivity contribution in [3.8, 4) is 0 Å². The minimum absolute atomic E-state index is 0.0177. The van der Waals surface area contributed by atoms with Crippen molar-refractivity contribution in [3.63, 3.8) is 0 Å². The van der Waals surface area contributed by atoms with Gasteiger partial charge in [-0.3, -0.25) is 9.36 Å². The second-order valence-corrected chi connectivity index (χ2v) is 7.13. The zero-order valence-electron chi connectivity index (χ0n) is 12.0. The summed E-state index contributed by atoms with van der Waals surface area (Å²) in [5, 5.41) is 11.3. The van der Waals surface area contributed by atoms with Crippen LogP contribution in [0, 0.1) is 13.8 Å². The zero-order chi connectivity index (χ0) is 14.3. The van der Waals surface area contributed by atoms with E-state index in [0.29, 0.717) is 6.54 Å². The highest BCUT2D eigenvalue weighted by molar-refractivity contribution is 7.18. The molecule has 0 radical (unpaired) electrons. The first-order valence-electron chi connectivity index (χ1n) is 7.18. The van der Waals surface area contributed by atoms with Crippen LogP contribution < -0.4 is 5.56 Å². The van der Waals surface area contributed by atoms with Gasteiger partial charge in [-0.15, -0.1) is 11.3 Å². The van der Waals surface area contributed by atoms with Gasteiger partial charge in [0.1, 0.15) is 4.83 Å². The molecule has 5 heteroatoms.